The Morgan fingerprint density at radius 1 is 1.13 bits per heavy atom. The molecular formula is C17H17FN2O3. The van der Waals surface area contributed by atoms with E-state index in [9.17, 15) is 14.0 Å². The van der Waals surface area contributed by atoms with Gasteiger partial charge in [-0.25, -0.2) is 9.87 Å². The molecule has 0 aliphatic heterocycles. The Labute approximate surface area is 133 Å². The number of hydroxylamine groups is 1. The van der Waals surface area contributed by atoms with Crippen LogP contribution in [0.25, 0.3) is 0 Å². The lowest BCUT2D eigenvalue weighted by Crippen LogP contribution is -2.24. The molecule has 2 aromatic rings. The lowest BCUT2D eigenvalue weighted by Gasteiger charge is -2.11. The zero-order valence-electron chi connectivity index (χ0n) is 12.9. The zero-order valence-corrected chi connectivity index (χ0v) is 12.9. The molecule has 0 saturated carbocycles. The summed E-state index contributed by atoms with van der Waals surface area (Å²) in [5.41, 5.74) is 3.73. The lowest BCUT2D eigenvalue weighted by atomic mass is 10.1. The van der Waals surface area contributed by atoms with E-state index in [-0.39, 0.29) is 5.56 Å². The molecule has 0 unspecified atom stereocenters. The predicted molar refractivity (Wildman–Crippen MR) is 84.6 cm³/mol. The molecule has 2 rings (SSSR count). The van der Waals surface area contributed by atoms with Gasteiger partial charge in [0.2, 0.25) is 0 Å². The molecule has 0 heterocycles. The van der Waals surface area contributed by atoms with Crippen molar-refractivity contribution in [3.63, 3.8) is 0 Å². The Hall–Kier alpha value is -2.73. The number of benzene rings is 2. The van der Waals surface area contributed by atoms with Crippen LogP contribution in [0.5, 0.6) is 0 Å². The number of anilines is 1. The molecule has 23 heavy (non-hydrogen) atoms. The summed E-state index contributed by atoms with van der Waals surface area (Å²) >= 11 is 0. The van der Waals surface area contributed by atoms with Gasteiger partial charge in [0.1, 0.15) is 5.82 Å². The maximum Gasteiger partial charge on any atom is 0.274 e. The van der Waals surface area contributed by atoms with E-state index in [1.54, 1.807) is 32.0 Å². The molecule has 120 valence electrons. The van der Waals surface area contributed by atoms with Crippen molar-refractivity contribution >= 4 is 17.5 Å². The van der Waals surface area contributed by atoms with Crippen molar-refractivity contribution in [1.82, 2.24) is 5.48 Å². The number of amides is 2. The van der Waals surface area contributed by atoms with Crippen LogP contribution < -0.4 is 10.8 Å². The smallest absolute Gasteiger partial charge is 0.274 e. The Morgan fingerprint density at radius 3 is 2.57 bits per heavy atom. The zero-order chi connectivity index (χ0) is 16.8. The van der Waals surface area contributed by atoms with E-state index in [0.29, 0.717) is 17.9 Å². The van der Waals surface area contributed by atoms with E-state index in [1.165, 1.54) is 24.3 Å². The topological polar surface area (TPSA) is 67.4 Å². The molecule has 2 N–H and O–H groups in total. The third-order valence-corrected chi connectivity index (χ3v) is 3.18. The van der Waals surface area contributed by atoms with Crippen LogP contribution in [-0.2, 0) is 4.84 Å². The van der Waals surface area contributed by atoms with Gasteiger partial charge in [-0.15, -0.1) is 0 Å². The fourth-order valence-electron chi connectivity index (χ4n) is 1.93. The Kier molecular flexibility index (Phi) is 5.43. The van der Waals surface area contributed by atoms with Crippen LogP contribution in [-0.4, -0.2) is 18.4 Å². The van der Waals surface area contributed by atoms with Crippen molar-refractivity contribution in [3.8, 4) is 0 Å². The minimum absolute atomic E-state index is 0.0592. The maximum absolute atomic E-state index is 13.6. The van der Waals surface area contributed by atoms with E-state index in [1.807, 2.05) is 0 Å². The molecule has 5 nitrogen and oxygen atoms in total. The van der Waals surface area contributed by atoms with E-state index in [0.717, 1.165) is 5.56 Å². The maximum atomic E-state index is 13.6. The molecule has 0 bridgehead atoms. The van der Waals surface area contributed by atoms with Gasteiger partial charge in [0.15, 0.2) is 0 Å². The molecule has 2 amide bonds. The van der Waals surface area contributed by atoms with Crippen LogP contribution in [0.15, 0.2) is 42.5 Å². The van der Waals surface area contributed by atoms with Crippen LogP contribution in [0, 0.1) is 12.7 Å². The number of carbonyl (C=O) groups is 2. The largest absolute Gasteiger partial charge is 0.322 e. The fraction of sp³-hybridized carbons (Fsp3) is 0.176. The third kappa shape index (κ3) is 4.14. The van der Waals surface area contributed by atoms with Gasteiger partial charge >= 0.3 is 0 Å². The van der Waals surface area contributed by atoms with Gasteiger partial charge in [-0.05, 0) is 43.7 Å². The quantitative estimate of drug-likeness (QED) is 0.833. The van der Waals surface area contributed by atoms with Crippen LogP contribution in [0.2, 0.25) is 0 Å². The minimum atomic E-state index is -0.604. The number of hydrogen-bond donors (Lipinski definition) is 2. The SMILES string of the molecule is CCONC(=O)c1ccc(C)c(NC(=O)c2ccccc2F)c1. The number of rotatable bonds is 5. The van der Waals surface area contributed by atoms with Crippen molar-refractivity contribution in [2.45, 2.75) is 13.8 Å². The minimum Gasteiger partial charge on any atom is -0.322 e. The summed E-state index contributed by atoms with van der Waals surface area (Å²) in [5, 5.41) is 2.62. The Bertz CT molecular complexity index is 732. The van der Waals surface area contributed by atoms with Crippen molar-refractivity contribution in [2.75, 3.05) is 11.9 Å². The molecular weight excluding hydrogens is 299 g/mol. The van der Waals surface area contributed by atoms with Crippen molar-refractivity contribution < 1.29 is 18.8 Å². The molecule has 0 spiro atoms. The van der Waals surface area contributed by atoms with Crippen molar-refractivity contribution in [1.29, 1.82) is 0 Å². The first kappa shape index (κ1) is 16.6. The number of hydrogen-bond acceptors (Lipinski definition) is 3. The first-order chi connectivity index (χ1) is 11.0. The summed E-state index contributed by atoms with van der Waals surface area (Å²) in [6.45, 7) is 3.87. The van der Waals surface area contributed by atoms with E-state index in [2.05, 4.69) is 10.8 Å². The molecule has 0 fully saturated rings. The second kappa shape index (κ2) is 7.51. The highest BCUT2D eigenvalue weighted by Gasteiger charge is 2.14. The normalized spacial score (nSPS) is 10.2. The molecule has 0 aliphatic rings. The summed E-state index contributed by atoms with van der Waals surface area (Å²) < 4.78 is 13.6. The Balaban J connectivity index is 2.21. The number of aryl methyl sites for hydroxylation is 1. The van der Waals surface area contributed by atoms with E-state index < -0.39 is 17.6 Å². The highest BCUT2D eigenvalue weighted by Crippen LogP contribution is 2.19. The summed E-state index contributed by atoms with van der Waals surface area (Å²) in [7, 11) is 0. The molecule has 2 aromatic carbocycles. The van der Waals surface area contributed by atoms with Crippen molar-refractivity contribution in [3.05, 3.63) is 65.0 Å². The molecule has 0 aromatic heterocycles. The summed E-state index contributed by atoms with van der Waals surface area (Å²) in [4.78, 5) is 28.9. The van der Waals surface area contributed by atoms with Gasteiger partial charge in [0.05, 0.1) is 12.2 Å². The monoisotopic (exact) mass is 316 g/mol. The average molecular weight is 316 g/mol. The van der Waals surface area contributed by atoms with Gasteiger partial charge in [-0.2, -0.15) is 0 Å². The second-order valence-electron chi connectivity index (χ2n) is 4.83. The second-order valence-corrected chi connectivity index (χ2v) is 4.83. The number of carbonyl (C=O) groups excluding carboxylic acids is 2. The first-order valence-electron chi connectivity index (χ1n) is 7.11. The van der Waals surface area contributed by atoms with Gasteiger partial charge in [-0.1, -0.05) is 18.2 Å². The Morgan fingerprint density at radius 2 is 1.87 bits per heavy atom. The first-order valence-corrected chi connectivity index (χ1v) is 7.11. The average Bonchev–Trinajstić information content (AvgIpc) is 2.55. The molecule has 0 aliphatic carbocycles. The standard InChI is InChI=1S/C17H17FN2O3/c1-3-23-20-16(21)12-9-8-11(2)15(10-12)19-17(22)13-6-4-5-7-14(13)18/h4-10H,3H2,1-2H3,(H,19,22)(H,20,21). The third-order valence-electron chi connectivity index (χ3n) is 3.18. The van der Waals surface area contributed by atoms with Crippen LogP contribution in [0.4, 0.5) is 10.1 Å². The van der Waals surface area contributed by atoms with Crippen LogP contribution in [0.3, 0.4) is 0 Å². The van der Waals surface area contributed by atoms with Gasteiger partial charge in [-0.3, -0.25) is 14.4 Å². The predicted octanol–water partition coefficient (Wildman–Crippen LogP) is 3.07. The van der Waals surface area contributed by atoms with Gasteiger partial charge in [0.25, 0.3) is 11.8 Å². The summed E-state index contributed by atoms with van der Waals surface area (Å²) in [5.74, 6) is -1.60. The highest BCUT2D eigenvalue weighted by molar-refractivity contribution is 6.05. The van der Waals surface area contributed by atoms with E-state index in [4.69, 9.17) is 4.84 Å². The van der Waals surface area contributed by atoms with Gasteiger partial charge in [0, 0.05) is 11.3 Å². The van der Waals surface area contributed by atoms with Crippen LogP contribution in [0.1, 0.15) is 33.2 Å². The molecule has 0 radical (unpaired) electrons. The summed E-state index contributed by atoms with van der Waals surface area (Å²) in [6, 6.07) is 10.5. The molecule has 6 heteroatoms. The number of halogens is 1. The number of nitrogens with one attached hydrogen (secondary N) is 2. The van der Waals surface area contributed by atoms with Gasteiger partial charge < -0.3 is 5.32 Å². The molecule has 0 saturated heterocycles. The van der Waals surface area contributed by atoms with Crippen molar-refractivity contribution in [2.24, 2.45) is 0 Å². The fourth-order valence-corrected chi connectivity index (χ4v) is 1.93. The van der Waals surface area contributed by atoms with E-state index >= 15 is 0 Å². The van der Waals surface area contributed by atoms with Crippen LogP contribution >= 0.6 is 0 Å². The highest BCUT2D eigenvalue weighted by atomic mass is 19.1. The summed E-state index contributed by atoms with van der Waals surface area (Å²) in [6.07, 6.45) is 0. The molecule has 0 atom stereocenters. The lowest BCUT2D eigenvalue weighted by molar-refractivity contribution is 0.0364.